The van der Waals surface area contributed by atoms with Gasteiger partial charge in [0.15, 0.2) is 0 Å². The third kappa shape index (κ3) is 3.97. The minimum Gasteiger partial charge on any atom is -0.468 e. The zero-order valence-electron chi connectivity index (χ0n) is 15.8. The lowest BCUT2D eigenvalue weighted by Crippen LogP contribution is -2.32. The van der Waals surface area contributed by atoms with E-state index in [1.54, 1.807) is 36.8 Å². The average molecular weight is 393 g/mol. The molecule has 2 aromatic heterocycles. The summed E-state index contributed by atoms with van der Waals surface area (Å²) in [4.78, 5) is 39.7. The Bertz CT molecular complexity index is 1000. The van der Waals surface area contributed by atoms with E-state index in [4.69, 9.17) is 8.83 Å². The Morgan fingerprint density at radius 1 is 0.966 bits per heavy atom. The molecule has 0 saturated heterocycles. The standard InChI is InChI=1S/C21H19N3O5/c1-23-20(26)17-7-6-14(10-18(17)21(23)27)22-19(25)13-24(11-15-4-2-8-28-15)12-16-5-3-9-29-16/h2-10H,11-13H2,1H3,(H,22,25). The van der Waals surface area contributed by atoms with Gasteiger partial charge in [0.1, 0.15) is 11.5 Å². The van der Waals surface area contributed by atoms with Crippen LogP contribution in [0, 0.1) is 0 Å². The van der Waals surface area contributed by atoms with Crippen LogP contribution in [-0.4, -0.2) is 41.1 Å². The lowest BCUT2D eigenvalue weighted by Gasteiger charge is -2.19. The van der Waals surface area contributed by atoms with Gasteiger partial charge in [-0.1, -0.05) is 0 Å². The number of fused-ring (bicyclic) bond motifs is 1. The predicted molar refractivity (Wildman–Crippen MR) is 103 cm³/mol. The van der Waals surface area contributed by atoms with E-state index in [9.17, 15) is 14.4 Å². The van der Waals surface area contributed by atoms with Crippen LogP contribution in [0.25, 0.3) is 0 Å². The van der Waals surface area contributed by atoms with Crippen molar-refractivity contribution in [2.24, 2.45) is 0 Å². The number of benzene rings is 1. The summed E-state index contributed by atoms with van der Waals surface area (Å²) in [6, 6.07) is 12.0. The Kier molecular flexibility index (Phi) is 5.01. The number of amides is 3. The van der Waals surface area contributed by atoms with Crippen molar-refractivity contribution in [1.82, 2.24) is 9.80 Å². The monoisotopic (exact) mass is 393 g/mol. The van der Waals surface area contributed by atoms with Crippen LogP contribution in [0.2, 0.25) is 0 Å². The van der Waals surface area contributed by atoms with Crippen LogP contribution in [0.4, 0.5) is 5.69 Å². The lowest BCUT2D eigenvalue weighted by atomic mass is 10.1. The first-order chi connectivity index (χ1) is 14.0. The van der Waals surface area contributed by atoms with E-state index in [0.29, 0.717) is 29.9 Å². The summed E-state index contributed by atoms with van der Waals surface area (Å²) in [5, 5.41) is 2.79. The zero-order valence-corrected chi connectivity index (χ0v) is 15.8. The lowest BCUT2D eigenvalue weighted by molar-refractivity contribution is -0.117. The normalized spacial score (nSPS) is 13.2. The van der Waals surface area contributed by atoms with Gasteiger partial charge in [-0.25, -0.2) is 0 Å². The fourth-order valence-electron chi connectivity index (χ4n) is 3.26. The van der Waals surface area contributed by atoms with Gasteiger partial charge in [0.2, 0.25) is 5.91 Å². The van der Waals surface area contributed by atoms with Crippen LogP contribution in [0.15, 0.2) is 63.8 Å². The first kappa shape index (κ1) is 18.7. The van der Waals surface area contributed by atoms with Gasteiger partial charge in [-0.3, -0.25) is 24.2 Å². The molecule has 0 unspecified atom stereocenters. The van der Waals surface area contributed by atoms with Crippen molar-refractivity contribution in [3.05, 3.63) is 77.6 Å². The average Bonchev–Trinajstić information content (AvgIpc) is 3.43. The number of rotatable bonds is 7. The Hall–Kier alpha value is -3.65. The van der Waals surface area contributed by atoms with E-state index in [2.05, 4.69) is 5.32 Å². The smallest absolute Gasteiger partial charge is 0.261 e. The Labute approximate surface area is 166 Å². The molecule has 0 radical (unpaired) electrons. The number of anilines is 1. The number of nitrogens with one attached hydrogen (secondary N) is 1. The first-order valence-electron chi connectivity index (χ1n) is 9.04. The van der Waals surface area contributed by atoms with Gasteiger partial charge in [0.05, 0.1) is 43.3 Å². The van der Waals surface area contributed by atoms with E-state index in [-0.39, 0.29) is 24.3 Å². The summed E-state index contributed by atoms with van der Waals surface area (Å²) in [5.74, 6) is 0.487. The van der Waals surface area contributed by atoms with Crippen LogP contribution in [-0.2, 0) is 17.9 Å². The molecule has 0 aliphatic carbocycles. The van der Waals surface area contributed by atoms with Crippen LogP contribution >= 0.6 is 0 Å². The molecule has 8 heteroatoms. The molecule has 3 aromatic rings. The Balaban J connectivity index is 1.45. The third-order valence-corrected chi connectivity index (χ3v) is 4.66. The van der Waals surface area contributed by atoms with Gasteiger partial charge in [0.25, 0.3) is 11.8 Å². The van der Waals surface area contributed by atoms with Crippen molar-refractivity contribution in [3.63, 3.8) is 0 Å². The second-order valence-electron chi connectivity index (χ2n) is 6.78. The molecule has 3 heterocycles. The van der Waals surface area contributed by atoms with Gasteiger partial charge in [0, 0.05) is 12.7 Å². The number of furan rings is 2. The molecule has 0 spiro atoms. The van der Waals surface area contributed by atoms with Crippen molar-refractivity contribution in [1.29, 1.82) is 0 Å². The van der Waals surface area contributed by atoms with Crippen LogP contribution < -0.4 is 5.32 Å². The second kappa shape index (κ2) is 7.76. The largest absolute Gasteiger partial charge is 0.468 e. The second-order valence-corrected chi connectivity index (χ2v) is 6.78. The molecular weight excluding hydrogens is 374 g/mol. The number of hydrogen-bond acceptors (Lipinski definition) is 6. The summed E-state index contributed by atoms with van der Waals surface area (Å²) in [6.45, 7) is 0.956. The minimum absolute atomic E-state index is 0.0886. The highest BCUT2D eigenvalue weighted by atomic mass is 16.3. The maximum absolute atomic E-state index is 12.6. The van der Waals surface area contributed by atoms with Crippen molar-refractivity contribution >= 4 is 23.4 Å². The summed E-state index contributed by atoms with van der Waals surface area (Å²) in [5.41, 5.74) is 1.09. The molecular formula is C21H19N3O5. The molecule has 1 aromatic carbocycles. The molecule has 8 nitrogen and oxygen atoms in total. The Morgan fingerprint density at radius 3 is 2.17 bits per heavy atom. The topological polar surface area (TPSA) is 96.0 Å². The number of carbonyl (C=O) groups is 3. The van der Waals surface area contributed by atoms with Crippen LogP contribution in [0.1, 0.15) is 32.2 Å². The molecule has 29 heavy (non-hydrogen) atoms. The van der Waals surface area contributed by atoms with Gasteiger partial charge in [-0.05, 0) is 42.5 Å². The fraction of sp³-hybridized carbons (Fsp3) is 0.190. The molecule has 148 valence electrons. The maximum atomic E-state index is 12.6. The number of imide groups is 1. The van der Waals surface area contributed by atoms with Crippen molar-refractivity contribution in [2.75, 3.05) is 18.9 Å². The summed E-state index contributed by atoms with van der Waals surface area (Å²) in [7, 11) is 1.43. The van der Waals surface area contributed by atoms with Crippen molar-refractivity contribution in [2.45, 2.75) is 13.1 Å². The highest BCUT2D eigenvalue weighted by molar-refractivity contribution is 6.21. The molecule has 0 saturated carbocycles. The molecule has 3 amide bonds. The fourth-order valence-corrected chi connectivity index (χ4v) is 3.26. The van der Waals surface area contributed by atoms with Gasteiger partial charge < -0.3 is 14.2 Å². The van der Waals surface area contributed by atoms with E-state index >= 15 is 0 Å². The molecule has 1 N–H and O–H groups in total. The number of carbonyl (C=O) groups excluding carboxylic acids is 3. The van der Waals surface area contributed by atoms with Crippen molar-refractivity contribution < 1.29 is 23.2 Å². The van der Waals surface area contributed by atoms with Gasteiger partial charge >= 0.3 is 0 Å². The SMILES string of the molecule is CN1C(=O)c2ccc(NC(=O)CN(Cc3ccco3)Cc3ccco3)cc2C1=O. The molecule has 0 bridgehead atoms. The molecule has 1 aliphatic heterocycles. The van der Waals surface area contributed by atoms with Crippen LogP contribution in [0.3, 0.4) is 0 Å². The molecule has 0 atom stereocenters. The van der Waals surface area contributed by atoms with Crippen molar-refractivity contribution in [3.8, 4) is 0 Å². The van der Waals surface area contributed by atoms with E-state index in [1.165, 1.54) is 13.1 Å². The first-order valence-corrected chi connectivity index (χ1v) is 9.04. The summed E-state index contributed by atoms with van der Waals surface area (Å²) in [6.07, 6.45) is 3.17. The molecule has 0 fully saturated rings. The summed E-state index contributed by atoms with van der Waals surface area (Å²) >= 11 is 0. The van der Waals surface area contributed by atoms with E-state index in [1.807, 2.05) is 17.0 Å². The maximum Gasteiger partial charge on any atom is 0.261 e. The number of hydrogen-bond donors (Lipinski definition) is 1. The van der Waals surface area contributed by atoms with Crippen LogP contribution in [0.5, 0.6) is 0 Å². The minimum atomic E-state index is -0.377. The third-order valence-electron chi connectivity index (χ3n) is 4.66. The summed E-state index contributed by atoms with van der Waals surface area (Å²) < 4.78 is 10.8. The quantitative estimate of drug-likeness (QED) is 0.620. The van der Waals surface area contributed by atoms with Gasteiger partial charge in [-0.2, -0.15) is 0 Å². The Morgan fingerprint density at radius 2 is 1.59 bits per heavy atom. The zero-order chi connectivity index (χ0) is 20.4. The molecule has 4 rings (SSSR count). The van der Waals surface area contributed by atoms with E-state index in [0.717, 1.165) is 16.4 Å². The highest BCUT2D eigenvalue weighted by Crippen LogP contribution is 2.24. The predicted octanol–water partition coefficient (Wildman–Crippen LogP) is 2.74. The highest BCUT2D eigenvalue weighted by Gasteiger charge is 2.32. The van der Waals surface area contributed by atoms with Gasteiger partial charge in [-0.15, -0.1) is 0 Å². The van der Waals surface area contributed by atoms with E-state index < -0.39 is 0 Å². The number of nitrogens with zero attached hydrogens (tertiary/aromatic N) is 2. The molecule has 1 aliphatic rings.